The zero-order chi connectivity index (χ0) is 12.7. The van der Waals surface area contributed by atoms with E-state index < -0.39 is 0 Å². The summed E-state index contributed by atoms with van der Waals surface area (Å²) in [5.74, 6) is 0. The Bertz CT molecular complexity index is 189. The van der Waals surface area contributed by atoms with Gasteiger partial charge in [0.05, 0.1) is 0 Å². The number of piperidine rings is 1. The Labute approximate surface area is 108 Å². The van der Waals surface area contributed by atoms with Crippen molar-refractivity contribution < 1.29 is 0 Å². The summed E-state index contributed by atoms with van der Waals surface area (Å²) in [6, 6.07) is 0.751. The smallest absolute Gasteiger partial charge is 0.00790 e. The normalized spacial score (nSPS) is 22.6. The van der Waals surface area contributed by atoms with E-state index in [1.807, 2.05) is 0 Å². The number of rotatable bonds is 7. The number of hydrogen-bond donors (Lipinski definition) is 1. The molecule has 0 saturated carbocycles. The van der Waals surface area contributed by atoms with Crippen molar-refractivity contribution in [1.82, 2.24) is 10.2 Å². The van der Waals surface area contributed by atoms with Gasteiger partial charge in [-0.3, -0.25) is 0 Å². The van der Waals surface area contributed by atoms with Gasteiger partial charge in [-0.05, 0) is 57.8 Å². The lowest BCUT2D eigenvalue weighted by Gasteiger charge is -2.43. The lowest BCUT2D eigenvalue weighted by molar-refractivity contribution is 0.0687. The van der Waals surface area contributed by atoms with Crippen LogP contribution < -0.4 is 5.32 Å². The zero-order valence-corrected chi connectivity index (χ0v) is 12.4. The van der Waals surface area contributed by atoms with E-state index in [1.54, 1.807) is 0 Å². The van der Waals surface area contributed by atoms with Crippen molar-refractivity contribution in [3.8, 4) is 0 Å². The predicted molar refractivity (Wildman–Crippen MR) is 76.4 cm³/mol. The molecular formula is C15H32N2. The van der Waals surface area contributed by atoms with Crippen LogP contribution in [-0.4, -0.2) is 37.1 Å². The minimum atomic E-state index is 0.665. The predicted octanol–water partition coefficient (Wildman–Crippen LogP) is 3.28. The van der Waals surface area contributed by atoms with Crippen LogP contribution in [0.5, 0.6) is 0 Å². The van der Waals surface area contributed by atoms with Crippen LogP contribution in [0.2, 0.25) is 0 Å². The molecule has 17 heavy (non-hydrogen) atoms. The van der Waals surface area contributed by atoms with E-state index in [0.29, 0.717) is 5.41 Å². The summed E-state index contributed by atoms with van der Waals surface area (Å²) in [6.07, 6.45) is 6.84. The molecule has 0 aliphatic carbocycles. The first-order chi connectivity index (χ1) is 8.17. The summed E-state index contributed by atoms with van der Waals surface area (Å²) in [5.41, 5.74) is 0.665. The first kappa shape index (κ1) is 15.0. The van der Waals surface area contributed by atoms with Crippen molar-refractivity contribution in [3.05, 3.63) is 0 Å². The third kappa shape index (κ3) is 4.26. The van der Waals surface area contributed by atoms with Gasteiger partial charge in [0, 0.05) is 6.04 Å². The van der Waals surface area contributed by atoms with Gasteiger partial charge in [0.1, 0.15) is 0 Å². The highest BCUT2D eigenvalue weighted by Crippen LogP contribution is 2.38. The Balaban J connectivity index is 2.30. The van der Waals surface area contributed by atoms with E-state index in [9.17, 15) is 0 Å². The molecule has 0 aromatic rings. The first-order valence-corrected chi connectivity index (χ1v) is 7.62. The maximum atomic E-state index is 3.43. The molecule has 1 aliphatic heterocycles. The standard InChI is InChI=1S/C15H32N2/c1-5-15(6-2)9-12-17(13-10-15)14(4)8-11-16-7-3/h14,16H,5-13H2,1-4H3. The van der Waals surface area contributed by atoms with Crippen LogP contribution in [0.4, 0.5) is 0 Å². The van der Waals surface area contributed by atoms with Gasteiger partial charge >= 0.3 is 0 Å². The van der Waals surface area contributed by atoms with Gasteiger partial charge in [-0.2, -0.15) is 0 Å². The van der Waals surface area contributed by atoms with E-state index in [-0.39, 0.29) is 0 Å². The van der Waals surface area contributed by atoms with Crippen LogP contribution in [-0.2, 0) is 0 Å². The van der Waals surface area contributed by atoms with Gasteiger partial charge in [0.25, 0.3) is 0 Å². The molecule has 1 saturated heterocycles. The second-order valence-corrected chi connectivity index (χ2v) is 5.73. The molecule has 1 heterocycles. The lowest BCUT2D eigenvalue weighted by Crippen LogP contribution is -2.44. The molecule has 1 unspecified atom stereocenters. The highest BCUT2D eigenvalue weighted by molar-refractivity contribution is 4.85. The van der Waals surface area contributed by atoms with Crippen molar-refractivity contribution in [2.75, 3.05) is 26.2 Å². The molecule has 2 heteroatoms. The number of hydrogen-bond acceptors (Lipinski definition) is 2. The minimum absolute atomic E-state index is 0.665. The van der Waals surface area contributed by atoms with Gasteiger partial charge in [-0.1, -0.05) is 33.6 Å². The third-order valence-corrected chi connectivity index (χ3v) is 4.97. The molecule has 1 N–H and O–H groups in total. The van der Waals surface area contributed by atoms with Crippen LogP contribution in [0.15, 0.2) is 0 Å². The quantitative estimate of drug-likeness (QED) is 0.687. The lowest BCUT2D eigenvalue weighted by atomic mass is 9.74. The molecule has 0 bridgehead atoms. The molecular weight excluding hydrogens is 208 g/mol. The summed E-state index contributed by atoms with van der Waals surface area (Å²) in [7, 11) is 0. The fourth-order valence-electron chi connectivity index (χ4n) is 3.07. The van der Waals surface area contributed by atoms with Crippen LogP contribution in [0.3, 0.4) is 0 Å². The van der Waals surface area contributed by atoms with Crippen molar-refractivity contribution in [2.24, 2.45) is 5.41 Å². The topological polar surface area (TPSA) is 15.3 Å². The number of nitrogens with zero attached hydrogens (tertiary/aromatic N) is 1. The Morgan fingerprint density at radius 1 is 1.12 bits per heavy atom. The van der Waals surface area contributed by atoms with Crippen molar-refractivity contribution in [1.29, 1.82) is 0 Å². The highest BCUT2D eigenvalue weighted by Gasteiger charge is 2.32. The second-order valence-electron chi connectivity index (χ2n) is 5.73. The molecule has 0 aromatic carbocycles. The van der Waals surface area contributed by atoms with Crippen LogP contribution in [0, 0.1) is 5.41 Å². The van der Waals surface area contributed by atoms with E-state index in [1.165, 1.54) is 51.7 Å². The van der Waals surface area contributed by atoms with Crippen LogP contribution in [0.1, 0.15) is 59.8 Å². The molecule has 0 aromatic heterocycles. The van der Waals surface area contributed by atoms with E-state index >= 15 is 0 Å². The molecule has 1 rings (SSSR count). The fourth-order valence-corrected chi connectivity index (χ4v) is 3.07. The fraction of sp³-hybridized carbons (Fsp3) is 1.00. The average Bonchev–Trinajstić information content (AvgIpc) is 2.39. The molecule has 0 spiro atoms. The van der Waals surface area contributed by atoms with Crippen molar-refractivity contribution in [3.63, 3.8) is 0 Å². The maximum Gasteiger partial charge on any atom is 0.00790 e. The molecule has 1 aliphatic rings. The summed E-state index contributed by atoms with van der Waals surface area (Å²) in [6.45, 7) is 14.2. The van der Waals surface area contributed by atoms with Crippen molar-refractivity contribution >= 4 is 0 Å². The Hall–Kier alpha value is -0.0800. The van der Waals surface area contributed by atoms with E-state index in [2.05, 4.69) is 37.9 Å². The molecule has 0 amide bonds. The van der Waals surface area contributed by atoms with Gasteiger partial charge in [0.15, 0.2) is 0 Å². The molecule has 0 radical (unpaired) electrons. The highest BCUT2D eigenvalue weighted by atomic mass is 15.2. The maximum absolute atomic E-state index is 3.43. The average molecular weight is 240 g/mol. The van der Waals surface area contributed by atoms with Crippen LogP contribution >= 0.6 is 0 Å². The third-order valence-electron chi connectivity index (χ3n) is 4.97. The summed E-state index contributed by atoms with van der Waals surface area (Å²) < 4.78 is 0. The number of likely N-dealkylation sites (tertiary alicyclic amines) is 1. The Morgan fingerprint density at radius 3 is 2.18 bits per heavy atom. The van der Waals surface area contributed by atoms with Gasteiger partial charge in [0.2, 0.25) is 0 Å². The minimum Gasteiger partial charge on any atom is -0.317 e. The molecule has 1 atom stereocenters. The first-order valence-electron chi connectivity index (χ1n) is 7.62. The Kier molecular flexibility index (Phi) is 6.50. The van der Waals surface area contributed by atoms with E-state index in [4.69, 9.17) is 0 Å². The summed E-state index contributed by atoms with van der Waals surface area (Å²) in [5, 5.41) is 3.43. The van der Waals surface area contributed by atoms with E-state index in [0.717, 1.165) is 12.6 Å². The van der Waals surface area contributed by atoms with Gasteiger partial charge < -0.3 is 10.2 Å². The Morgan fingerprint density at radius 2 is 1.71 bits per heavy atom. The largest absolute Gasteiger partial charge is 0.317 e. The van der Waals surface area contributed by atoms with Crippen LogP contribution in [0.25, 0.3) is 0 Å². The summed E-state index contributed by atoms with van der Waals surface area (Å²) in [4.78, 5) is 2.70. The second kappa shape index (κ2) is 7.38. The molecule has 1 fully saturated rings. The molecule has 2 nitrogen and oxygen atoms in total. The van der Waals surface area contributed by atoms with Crippen molar-refractivity contribution in [2.45, 2.75) is 65.8 Å². The molecule has 102 valence electrons. The SMILES string of the molecule is CCNCCC(C)N1CCC(CC)(CC)CC1. The number of nitrogens with one attached hydrogen (secondary N) is 1. The monoisotopic (exact) mass is 240 g/mol. The van der Waals surface area contributed by atoms with Gasteiger partial charge in [-0.25, -0.2) is 0 Å². The zero-order valence-electron chi connectivity index (χ0n) is 12.4. The van der Waals surface area contributed by atoms with Gasteiger partial charge in [-0.15, -0.1) is 0 Å². The summed E-state index contributed by atoms with van der Waals surface area (Å²) >= 11 is 0.